The summed E-state index contributed by atoms with van der Waals surface area (Å²) in [6.45, 7) is 2.08. The van der Waals surface area contributed by atoms with Crippen molar-refractivity contribution in [1.82, 2.24) is 10.6 Å². The molecule has 5 heteroatoms. The van der Waals surface area contributed by atoms with E-state index < -0.39 is 5.60 Å². The van der Waals surface area contributed by atoms with Crippen LogP contribution in [-0.2, 0) is 9.53 Å². The molecule has 0 aromatic heterocycles. The number of amides is 1. The summed E-state index contributed by atoms with van der Waals surface area (Å²) in [6.07, 6.45) is 7.10. The van der Waals surface area contributed by atoms with Crippen molar-refractivity contribution in [2.75, 3.05) is 33.4 Å². The Labute approximate surface area is 116 Å². The van der Waals surface area contributed by atoms with Crippen molar-refractivity contribution >= 4 is 5.91 Å². The third-order valence-electron chi connectivity index (χ3n) is 3.62. The summed E-state index contributed by atoms with van der Waals surface area (Å²) >= 11 is 0. The molecule has 1 saturated carbocycles. The van der Waals surface area contributed by atoms with Crippen LogP contribution in [0.15, 0.2) is 0 Å². The summed E-state index contributed by atoms with van der Waals surface area (Å²) in [6, 6.07) is 0. The molecule has 0 aromatic rings. The maximum absolute atomic E-state index is 11.5. The Kier molecular flexibility index (Phi) is 8.02. The molecule has 19 heavy (non-hydrogen) atoms. The van der Waals surface area contributed by atoms with E-state index in [1.165, 1.54) is 12.8 Å². The van der Waals surface area contributed by atoms with Gasteiger partial charge in [0.15, 0.2) is 0 Å². The van der Waals surface area contributed by atoms with Crippen molar-refractivity contribution in [3.63, 3.8) is 0 Å². The van der Waals surface area contributed by atoms with Crippen LogP contribution in [0.1, 0.15) is 44.9 Å². The third-order valence-corrected chi connectivity index (χ3v) is 3.62. The highest BCUT2D eigenvalue weighted by Crippen LogP contribution is 2.26. The number of nitrogens with one attached hydrogen (secondary N) is 2. The number of methoxy groups -OCH3 is 1. The van der Waals surface area contributed by atoms with E-state index in [0.29, 0.717) is 19.7 Å². The van der Waals surface area contributed by atoms with E-state index >= 15 is 0 Å². The van der Waals surface area contributed by atoms with Crippen molar-refractivity contribution in [3.05, 3.63) is 0 Å². The van der Waals surface area contributed by atoms with Gasteiger partial charge >= 0.3 is 0 Å². The molecule has 3 N–H and O–H groups in total. The number of ether oxygens (including phenoxy) is 1. The highest BCUT2D eigenvalue weighted by atomic mass is 16.5. The van der Waals surface area contributed by atoms with Gasteiger partial charge in [0, 0.05) is 26.8 Å². The second-order valence-corrected chi connectivity index (χ2v) is 5.44. The second-order valence-electron chi connectivity index (χ2n) is 5.44. The normalized spacial score (nSPS) is 18.8. The summed E-state index contributed by atoms with van der Waals surface area (Å²) in [5, 5.41) is 16.3. The Morgan fingerprint density at radius 3 is 2.58 bits per heavy atom. The molecule has 0 aromatic carbocycles. The SMILES string of the molecule is COCCCNC(=O)CNCC1(O)CCCCCC1. The van der Waals surface area contributed by atoms with Gasteiger partial charge in [-0.2, -0.15) is 0 Å². The Balaban J connectivity index is 2.09. The maximum atomic E-state index is 11.5. The zero-order valence-electron chi connectivity index (χ0n) is 12.0. The van der Waals surface area contributed by atoms with Gasteiger partial charge < -0.3 is 20.5 Å². The Morgan fingerprint density at radius 1 is 1.26 bits per heavy atom. The zero-order chi connectivity index (χ0) is 14.0. The van der Waals surface area contributed by atoms with Crippen LogP contribution < -0.4 is 10.6 Å². The van der Waals surface area contributed by atoms with Crippen LogP contribution in [0.4, 0.5) is 0 Å². The number of hydrogen-bond donors (Lipinski definition) is 3. The average molecular weight is 272 g/mol. The molecular weight excluding hydrogens is 244 g/mol. The lowest BCUT2D eigenvalue weighted by atomic mass is 9.94. The fraction of sp³-hybridized carbons (Fsp3) is 0.929. The minimum Gasteiger partial charge on any atom is -0.389 e. The van der Waals surface area contributed by atoms with Gasteiger partial charge in [-0.15, -0.1) is 0 Å². The standard InChI is InChI=1S/C14H28N2O3/c1-19-10-6-9-16-13(17)11-15-12-14(18)7-4-2-3-5-8-14/h15,18H,2-12H2,1H3,(H,16,17). The maximum Gasteiger partial charge on any atom is 0.233 e. The molecular formula is C14H28N2O3. The topological polar surface area (TPSA) is 70.6 Å². The van der Waals surface area contributed by atoms with Crippen molar-refractivity contribution in [1.29, 1.82) is 0 Å². The van der Waals surface area contributed by atoms with E-state index in [4.69, 9.17) is 4.74 Å². The average Bonchev–Trinajstić information content (AvgIpc) is 2.60. The van der Waals surface area contributed by atoms with Gasteiger partial charge in [-0.1, -0.05) is 25.7 Å². The first-order valence-corrected chi connectivity index (χ1v) is 7.35. The third kappa shape index (κ3) is 7.50. The van der Waals surface area contributed by atoms with Crippen LogP contribution in [-0.4, -0.2) is 50.0 Å². The fourth-order valence-corrected chi connectivity index (χ4v) is 2.48. The highest BCUT2D eigenvalue weighted by molar-refractivity contribution is 5.77. The monoisotopic (exact) mass is 272 g/mol. The molecule has 0 radical (unpaired) electrons. The minimum absolute atomic E-state index is 0.0201. The van der Waals surface area contributed by atoms with E-state index in [9.17, 15) is 9.90 Å². The van der Waals surface area contributed by atoms with Crippen molar-refractivity contribution < 1.29 is 14.6 Å². The van der Waals surface area contributed by atoms with Gasteiger partial charge in [0.25, 0.3) is 0 Å². The molecule has 5 nitrogen and oxygen atoms in total. The van der Waals surface area contributed by atoms with Crippen LogP contribution in [0.25, 0.3) is 0 Å². The first-order chi connectivity index (χ1) is 9.16. The predicted octanol–water partition coefficient (Wildman–Crippen LogP) is 0.814. The Bertz CT molecular complexity index is 251. The molecule has 0 saturated heterocycles. The minimum atomic E-state index is -0.618. The van der Waals surface area contributed by atoms with Crippen molar-refractivity contribution in [2.24, 2.45) is 0 Å². The van der Waals surface area contributed by atoms with Gasteiger partial charge in [0.1, 0.15) is 0 Å². The molecule has 1 amide bonds. The van der Waals surface area contributed by atoms with Gasteiger partial charge in [-0.25, -0.2) is 0 Å². The molecule has 0 aliphatic heterocycles. The lowest BCUT2D eigenvalue weighted by molar-refractivity contribution is -0.120. The number of carbonyl (C=O) groups is 1. The second kappa shape index (κ2) is 9.28. The molecule has 0 spiro atoms. The lowest BCUT2D eigenvalue weighted by Crippen LogP contribution is -2.44. The molecule has 1 rings (SSSR count). The van der Waals surface area contributed by atoms with Crippen LogP contribution in [0.3, 0.4) is 0 Å². The quantitative estimate of drug-likeness (QED) is 0.452. The number of hydrogen-bond acceptors (Lipinski definition) is 4. The summed E-state index contributed by atoms with van der Waals surface area (Å²) in [5.74, 6) is -0.0201. The van der Waals surface area contributed by atoms with Gasteiger partial charge in [-0.3, -0.25) is 4.79 Å². The van der Waals surface area contributed by atoms with Gasteiger partial charge in [0.05, 0.1) is 12.1 Å². The molecule has 0 bridgehead atoms. The Hall–Kier alpha value is -0.650. The first kappa shape index (κ1) is 16.4. The van der Waals surface area contributed by atoms with Crippen LogP contribution in [0, 0.1) is 0 Å². The van der Waals surface area contributed by atoms with E-state index in [1.807, 2.05) is 0 Å². The van der Waals surface area contributed by atoms with Crippen LogP contribution >= 0.6 is 0 Å². The molecule has 0 unspecified atom stereocenters. The number of carbonyl (C=O) groups excluding carboxylic acids is 1. The highest BCUT2D eigenvalue weighted by Gasteiger charge is 2.27. The zero-order valence-corrected chi connectivity index (χ0v) is 12.0. The summed E-state index contributed by atoms with van der Waals surface area (Å²) in [5.41, 5.74) is -0.618. The molecule has 112 valence electrons. The van der Waals surface area contributed by atoms with Crippen LogP contribution in [0.5, 0.6) is 0 Å². The fourth-order valence-electron chi connectivity index (χ4n) is 2.48. The van der Waals surface area contributed by atoms with Crippen molar-refractivity contribution in [3.8, 4) is 0 Å². The summed E-state index contributed by atoms with van der Waals surface area (Å²) < 4.78 is 4.91. The largest absolute Gasteiger partial charge is 0.389 e. The summed E-state index contributed by atoms with van der Waals surface area (Å²) in [7, 11) is 1.65. The Morgan fingerprint density at radius 2 is 1.95 bits per heavy atom. The van der Waals surface area contributed by atoms with Gasteiger partial charge in [-0.05, 0) is 19.3 Å². The van der Waals surface area contributed by atoms with Crippen LogP contribution in [0.2, 0.25) is 0 Å². The first-order valence-electron chi connectivity index (χ1n) is 7.35. The van der Waals surface area contributed by atoms with E-state index in [2.05, 4.69) is 10.6 Å². The van der Waals surface area contributed by atoms with E-state index in [1.54, 1.807) is 7.11 Å². The molecule has 1 aliphatic carbocycles. The lowest BCUT2D eigenvalue weighted by Gasteiger charge is -2.26. The molecule has 1 fully saturated rings. The predicted molar refractivity (Wildman–Crippen MR) is 75.0 cm³/mol. The number of aliphatic hydroxyl groups is 1. The molecule has 0 atom stereocenters. The summed E-state index contributed by atoms with van der Waals surface area (Å²) in [4.78, 5) is 11.5. The molecule has 0 heterocycles. The smallest absolute Gasteiger partial charge is 0.233 e. The van der Waals surface area contributed by atoms with E-state index in [0.717, 1.165) is 32.1 Å². The molecule has 1 aliphatic rings. The van der Waals surface area contributed by atoms with Gasteiger partial charge in [0.2, 0.25) is 5.91 Å². The van der Waals surface area contributed by atoms with E-state index in [-0.39, 0.29) is 12.5 Å². The van der Waals surface area contributed by atoms with Crippen molar-refractivity contribution in [2.45, 2.75) is 50.5 Å². The number of rotatable bonds is 8.